The molecule has 1 N–H and O–H groups in total. The van der Waals surface area contributed by atoms with Crippen molar-refractivity contribution in [3.05, 3.63) is 58.6 Å². The minimum Gasteiger partial charge on any atom is -0.465 e. The van der Waals surface area contributed by atoms with Gasteiger partial charge in [0.2, 0.25) is 5.91 Å². The number of thioether (sulfide) groups is 1. The van der Waals surface area contributed by atoms with Crippen LogP contribution in [0.4, 0.5) is 0 Å². The number of unbranched alkanes of at least 4 members (excludes halogenated alkanes) is 1. The summed E-state index contributed by atoms with van der Waals surface area (Å²) < 4.78 is 5.16. The summed E-state index contributed by atoms with van der Waals surface area (Å²) in [6, 6.07) is 16.1. The third kappa shape index (κ3) is 4.55. The lowest BCUT2D eigenvalue weighted by Gasteiger charge is -2.26. The fourth-order valence-electron chi connectivity index (χ4n) is 3.26. The van der Waals surface area contributed by atoms with E-state index in [0.717, 1.165) is 40.9 Å². The van der Waals surface area contributed by atoms with E-state index in [9.17, 15) is 14.9 Å². The van der Waals surface area contributed by atoms with Crippen LogP contribution in [0.2, 0.25) is 0 Å². The first-order chi connectivity index (χ1) is 13.6. The molecule has 3 rings (SSSR count). The van der Waals surface area contributed by atoms with Gasteiger partial charge >= 0.3 is 5.97 Å². The van der Waals surface area contributed by atoms with Crippen LogP contribution in [0.3, 0.4) is 0 Å². The number of nitrogens with one attached hydrogen (secondary N) is 1. The van der Waals surface area contributed by atoms with E-state index in [0.29, 0.717) is 17.2 Å². The Morgan fingerprint density at radius 2 is 2.07 bits per heavy atom. The minimum atomic E-state index is -0.343. The van der Waals surface area contributed by atoms with Gasteiger partial charge in [0.25, 0.3) is 0 Å². The first-order valence-corrected chi connectivity index (χ1v) is 10.3. The number of hydrogen-bond acceptors (Lipinski definition) is 5. The fraction of sp³-hybridized carbons (Fsp3) is 0.318. The van der Waals surface area contributed by atoms with Gasteiger partial charge in [-0.2, -0.15) is 5.26 Å². The second-order valence-electron chi connectivity index (χ2n) is 6.59. The summed E-state index contributed by atoms with van der Waals surface area (Å²) in [6.45, 7) is 2.42. The molecule has 0 saturated heterocycles. The highest BCUT2D eigenvalue weighted by molar-refractivity contribution is 8.03. The molecular weight excluding hydrogens is 372 g/mol. The lowest BCUT2D eigenvalue weighted by Crippen LogP contribution is -2.31. The molecule has 144 valence electrons. The van der Waals surface area contributed by atoms with E-state index in [1.54, 1.807) is 0 Å². The highest BCUT2D eigenvalue weighted by Crippen LogP contribution is 2.38. The Hall–Kier alpha value is -2.78. The van der Waals surface area contributed by atoms with Gasteiger partial charge in [-0.1, -0.05) is 67.6 Å². The lowest BCUT2D eigenvalue weighted by molar-refractivity contribution is -0.140. The molecule has 0 fully saturated rings. The normalized spacial score (nSPS) is 16.6. The summed E-state index contributed by atoms with van der Waals surface area (Å²) in [5.41, 5.74) is 1.44. The van der Waals surface area contributed by atoms with Crippen LogP contribution >= 0.6 is 11.8 Å². The van der Waals surface area contributed by atoms with Gasteiger partial charge in [0.05, 0.1) is 29.0 Å². The average Bonchev–Trinajstić information content (AvgIpc) is 2.71. The molecule has 2 aromatic carbocycles. The van der Waals surface area contributed by atoms with Crippen molar-refractivity contribution in [1.82, 2.24) is 5.32 Å². The molecule has 1 aliphatic rings. The molecule has 1 aliphatic heterocycles. The number of carbonyl (C=O) groups excluding carboxylic acids is 2. The molecule has 1 unspecified atom stereocenters. The Morgan fingerprint density at radius 3 is 2.86 bits per heavy atom. The lowest BCUT2D eigenvalue weighted by atomic mass is 9.84. The SMILES string of the molecule is CCCCOC(=O)CSC1=C(C#N)C(c2cccc3ccccc23)CC(=O)N1. The van der Waals surface area contributed by atoms with E-state index in [1.165, 1.54) is 0 Å². The van der Waals surface area contributed by atoms with Crippen molar-refractivity contribution in [2.45, 2.75) is 32.1 Å². The molecule has 6 heteroatoms. The predicted octanol–water partition coefficient (Wildman–Crippen LogP) is 4.25. The zero-order valence-corrected chi connectivity index (χ0v) is 16.6. The first kappa shape index (κ1) is 20.0. The van der Waals surface area contributed by atoms with Crippen LogP contribution in [0.15, 0.2) is 53.1 Å². The van der Waals surface area contributed by atoms with E-state index in [4.69, 9.17) is 4.74 Å². The molecule has 0 spiro atoms. The van der Waals surface area contributed by atoms with Crippen molar-refractivity contribution in [3.8, 4) is 6.07 Å². The van der Waals surface area contributed by atoms with Crippen LogP contribution in [0.25, 0.3) is 10.8 Å². The fourth-order valence-corrected chi connectivity index (χ4v) is 4.13. The number of ether oxygens (including phenoxy) is 1. The zero-order chi connectivity index (χ0) is 19.9. The molecule has 0 aromatic heterocycles. The Morgan fingerprint density at radius 1 is 1.29 bits per heavy atom. The number of fused-ring (bicyclic) bond motifs is 1. The van der Waals surface area contributed by atoms with Crippen molar-refractivity contribution >= 4 is 34.4 Å². The Bertz CT molecular complexity index is 956. The number of benzene rings is 2. The number of nitrogens with zero attached hydrogens (tertiary/aromatic N) is 1. The summed E-state index contributed by atoms with van der Waals surface area (Å²) in [6.07, 6.45) is 1.98. The van der Waals surface area contributed by atoms with Crippen LogP contribution in [-0.4, -0.2) is 24.2 Å². The number of hydrogen-bond donors (Lipinski definition) is 1. The number of amides is 1. The number of nitriles is 1. The third-order valence-corrected chi connectivity index (χ3v) is 5.64. The molecule has 5 nitrogen and oxygen atoms in total. The van der Waals surface area contributed by atoms with Gasteiger partial charge in [-0.25, -0.2) is 0 Å². The van der Waals surface area contributed by atoms with Gasteiger partial charge < -0.3 is 10.1 Å². The van der Waals surface area contributed by atoms with Crippen LogP contribution in [-0.2, 0) is 14.3 Å². The van der Waals surface area contributed by atoms with E-state index < -0.39 is 0 Å². The second kappa shape index (κ2) is 9.43. The molecule has 1 atom stereocenters. The molecule has 0 bridgehead atoms. The van der Waals surface area contributed by atoms with Crippen LogP contribution in [0, 0.1) is 11.3 Å². The van der Waals surface area contributed by atoms with E-state index in [-0.39, 0.29) is 30.0 Å². The standard InChI is InChI=1S/C22H22N2O3S/c1-2-3-11-27-21(26)14-28-22-19(13-23)18(12-20(25)24-22)17-10-6-8-15-7-4-5-9-16(15)17/h4-10,18H,2-3,11-12,14H2,1H3,(H,24,25). The molecule has 0 radical (unpaired) electrons. The molecule has 1 amide bonds. The van der Waals surface area contributed by atoms with Crippen molar-refractivity contribution in [1.29, 1.82) is 5.26 Å². The van der Waals surface area contributed by atoms with Crippen LogP contribution in [0.1, 0.15) is 37.7 Å². The van der Waals surface area contributed by atoms with E-state index >= 15 is 0 Å². The topological polar surface area (TPSA) is 79.2 Å². The van der Waals surface area contributed by atoms with Gasteiger partial charge in [-0.15, -0.1) is 0 Å². The van der Waals surface area contributed by atoms with Crippen molar-refractivity contribution in [2.75, 3.05) is 12.4 Å². The summed E-state index contributed by atoms with van der Waals surface area (Å²) in [5.74, 6) is -0.765. The number of esters is 1. The minimum absolute atomic E-state index is 0.0623. The van der Waals surface area contributed by atoms with Gasteiger partial charge in [-0.05, 0) is 22.8 Å². The number of allylic oxidation sites excluding steroid dienone is 1. The van der Waals surface area contributed by atoms with Crippen LogP contribution in [0.5, 0.6) is 0 Å². The first-order valence-electron chi connectivity index (χ1n) is 9.34. The van der Waals surface area contributed by atoms with Gasteiger partial charge in [0, 0.05) is 12.3 Å². The maximum absolute atomic E-state index is 12.3. The molecule has 0 saturated carbocycles. The monoisotopic (exact) mass is 394 g/mol. The van der Waals surface area contributed by atoms with Crippen LogP contribution < -0.4 is 5.32 Å². The summed E-state index contributed by atoms with van der Waals surface area (Å²) >= 11 is 1.15. The van der Waals surface area contributed by atoms with Crippen molar-refractivity contribution in [3.63, 3.8) is 0 Å². The molecule has 0 aliphatic carbocycles. The number of carbonyl (C=O) groups is 2. The van der Waals surface area contributed by atoms with Gasteiger partial charge in [-0.3, -0.25) is 9.59 Å². The second-order valence-corrected chi connectivity index (χ2v) is 7.58. The van der Waals surface area contributed by atoms with Gasteiger partial charge in [0.15, 0.2) is 0 Å². The average molecular weight is 394 g/mol. The third-order valence-electron chi connectivity index (χ3n) is 4.65. The Balaban J connectivity index is 1.87. The Labute approximate surface area is 168 Å². The highest BCUT2D eigenvalue weighted by atomic mass is 32.2. The van der Waals surface area contributed by atoms with Gasteiger partial charge in [0.1, 0.15) is 0 Å². The molecule has 2 aromatic rings. The molecule has 28 heavy (non-hydrogen) atoms. The zero-order valence-electron chi connectivity index (χ0n) is 15.7. The Kier molecular flexibility index (Phi) is 6.72. The quantitative estimate of drug-likeness (QED) is 0.561. The van der Waals surface area contributed by atoms with Crippen molar-refractivity contribution in [2.24, 2.45) is 0 Å². The molecule has 1 heterocycles. The summed E-state index contributed by atoms with van der Waals surface area (Å²) in [7, 11) is 0. The predicted molar refractivity (Wildman–Crippen MR) is 110 cm³/mol. The maximum Gasteiger partial charge on any atom is 0.316 e. The highest BCUT2D eigenvalue weighted by Gasteiger charge is 2.30. The largest absolute Gasteiger partial charge is 0.465 e. The number of rotatable bonds is 7. The van der Waals surface area contributed by atoms with Crippen molar-refractivity contribution < 1.29 is 14.3 Å². The summed E-state index contributed by atoms with van der Waals surface area (Å²) in [4.78, 5) is 24.2. The maximum atomic E-state index is 12.3. The van der Waals surface area contributed by atoms with E-state index in [2.05, 4.69) is 11.4 Å². The molecular formula is C22H22N2O3S. The smallest absolute Gasteiger partial charge is 0.316 e. The van der Waals surface area contributed by atoms with E-state index in [1.807, 2.05) is 49.4 Å². The summed E-state index contributed by atoms with van der Waals surface area (Å²) in [5, 5.41) is 15.1.